The molecule has 1 rings (SSSR count). The molecular weight excluding hydrogens is 270 g/mol. The number of rotatable bonds is 4. The van der Waals surface area contributed by atoms with Crippen molar-refractivity contribution in [3.8, 4) is 5.75 Å². The molecule has 88 valence electrons. The van der Waals surface area contributed by atoms with Crippen molar-refractivity contribution in [3.63, 3.8) is 0 Å². The molecule has 0 aliphatic rings. The maximum atomic E-state index is 5.46. The number of hydrogen-bond acceptors (Lipinski definition) is 3. The summed E-state index contributed by atoms with van der Waals surface area (Å²) in [6.45, 7) is 2.81. The first-order chi connectivity index (χ1) is 7.72. The van der Waals surface area contributed by atoms with E-state index in [4.69, 9.17) is 10.6 Å². The first-order valence-corrected chi connectivity index (χ1v) is 5.87. The van der Waals surface area contributed by atoms with Gasteiger partial charge in [-0.1, -0.05) is 22.9 Å². The normalized spacial score (nSPS) is 11.4. The van der Waals surface area contributed by atoms with E-state index in [9.17, 15) is 0 Å². The number of amidine groups is 1. The van der Waals surface area contributed by atoms with E-state index >= 15 is 0 Å². The summed E-state index contributed by atoms with van der Waals surface area (Å²) < 4.78 is 6.10. The van der Waals surface area contributed by atoms with Gasteiger partial charge in [0.25, 0.3) is 0 Å². The Labute approximate surface area is 104 Å². The number of benzene rings is 1. The molecule has 0 heterocycles. The van der Waals surface area contributed by atoms with E-state index in [1.165, 1.54) is 0 Å². The van der Waals surface area contributed by atoms with Gasteiger partial charge in [0.2, 0.25) is 0 Å². The van der Waals surface area contributed by atoms with Gasteiger partial charge in [-0.25, -0.2) is 5.84 Å². The van der Waals surface area contributed by atoms with Crippen LogP contribution in [0.15, 0.2) is 27.7 Å². The Morgan fingerprint density at radius 2 is 2.31 bits per heavy atom. The Balaban J connectivity index is 3.08. The van der Waals surface area contributed by atoms with Crippen LogP contribution in [0.1, 0.15) is 18.9 Å². The molecule has 0 aromatic heterocycles. The summed E-state index contributed by atoms with van der Waals surface area (Å²) in [5.41, 5.74) is 3.51. The minimum atomic E-state index is 0.660. The Morgan fingerprint density at radius 3 is 2.88 bits per heavy atom. The van der Waals surface area contributed by atoms with Crippen LogP contribution in [-0.4, -0.2) is 19.5 Å². The number of nitrogens with zero attached hydrogens (tertiary/aromatic N) is 1. The molecule has 0 saturated heterocycles. The zero-order valence-corrected chi connectivity index (χ0v) is 11.0. The van der Waals surface area contributed by atoms with Crippen molar-refractivity contribution >= 4 is 21.8 Å². The van der Waals surface area contributed by atoms with E-state index in [1.807, 2.05) is 18.2 Å². The molecule has 0 aliphatic carbocycles. The van der Waals surface area contributed by atoms with Crippen LogP contribution in [0, 0.1) is 0 Å². The molecule has 4 nitrogen and oxygen atoms in total. The van der Waals surface area contributed by atoms with Gasteiger partial charge >= 0.3 is 0 Å². The van der Waals surface area contributed by atoms with Gasteiger partial charge in [0.15, 0.2) is 0 Å². The van der Waals surface area contributed by atoms with Gasteiger partial charge in [0.1, 0.15) is 11.6 Å². The lowest BCUT2D eigenvalue weighted by Crippen LogP contribution is -2.31. The number of methoxy groups -OCH3 is 1. The average Bonchev–Trinajstić information content (AvgIpc) is 2.32. The van der Waals surface area contributed by atoms with Gasteiger partial charge < -0.3 is 10.2 Å². The minimum Gasteiger partial charge on any atom is -0.497 e. The summed E-state index contributed by atoms with van der Waals surface area (Å²) >= 11 is 3.46. The summed E-state index contributed by atoms with van der Waals surface area (Å²) in [5, 5.41) is 0. The van der Waals surface area contributed by atoms with E-state index in [0.717, 1.165) is 28.8 Å². The molecule has 1 aromatic carbocycles. The number of hydrogen-bond donors (Lipinski definition) is 2. The fourth-order valence-corrected chi connectivity index (χ4v) is 1.68. The lowest BCUT2D eigenvalue weighted by Gasteiger charge is -2.09. The van der Waals surface area contributed by atoms with E-state index in [-0.39, 0.29) is 0 Å². The van der Waals surface area contributed by atoms with Crippen molar-refractivity contribution < 1.29 is 4.74 Å². The predicted octanol–water partition coefficient (Wildman–Crippen LogP) is 2.08. The second kappa shape index (κ2) is 6.50. The highest BCUT2D eigenvalue weighted by molar-refractivity contribution is 9.10. The highest BCUT2D eigenvalue weighted by Crippen LogP contribution is 2.22. The number of hydrazine groups is 1. The average molecular weight is 286 g/mol. The van der Waals surface area contributed by atoms with Crippen LogP contribution in [0.4, 0.5) is 0 Å². The minimum absolute atomic E-state index is 0.660. The third kappa shape index (κ3) is 3.21. The standard InChI is InChI=1S/C11H16BrN3O/c1-3-6-14-11(15-13)9-7-8(16-2)4-5-10(9)12/h4-5,7H,3,6,13H2,1-2H3,(H,14,15). The number of ether oxygens (including phenoxy) is 1. The fourth-order valence-electron chi connectivity index (χ4n) is 1.25. The van der Waals surface area contributed by atoms with Crippen molar-refractivity contribution in [2.24, 2.45) is 10.8 Å². The molecule has 0 saturated carbocycles. The van der Waals surface area contributed by atoms with Crippen LogP contribution in [0.2, 0.25) is 0 Å². The quantitative estimate of drug-likeness (QED) is 0.385. The molecule has 1 aromatic rings. The molecule has 3 N–H and O–H groups in total. The largest absolute Gasteiger partial charge is 0.497 e. The first kappa shape index (κ1) is 13.0. The SMILES string of the molecule is CCCN=C(NN)c1cc(OC)ccc1Br. The van der Waals surface area contributed by atoms with Gasteiger partial charge in [-0.3, -0.25) is 4.99 Å². The number of nitrogens with one attached hydrogen (secondary N) is 1. The van der Waals surface area contributed by atoms with Crippen molar-refractivity contribution in [2.75, 3.05) is 13.7 Å². The van der Waals surface area contributed by atoms with Gasteiger partial charge in [-0.05, 0) is 24.6 Å². The third-order valence-corrected chi connectivity index (χ3v) is 2.75. The lowest BCUT2D eigenvalue weighted by atomic mass is 10.2. The molecular formula is C11H16BrN3O. The monoisotopic (exact) mass is 285 g/mol. The first-order valence-electron chi connectivity index (χ1n) is 5.08. The van der Waals surface area contributed by atoms with Gasteiger partial charge in [0, 0.05) is 16.6 Å². The molecule has 0 amide bonds. The smallest absolute Gasteiger partial charge is 0.143 e. The molecule has 0 fully saturated rings. The van der Waals surface area contributed by atoms with E-state index in [2.05, 4.69) is 33.3 Å². The van der Waals surface area contributed by atoms with Crippen molar-refractivity contribution in [3.05, 3.63) is 28.2 Å². The number of halogens is 1. The molecule has 0 spiro atoms. The van der Waals surface area contributed by atoms with Crippen LogP contribution in [0.3, 0.4) is 0 Å². The highest BCUT2D eigenvalue weighted by atomic mass is 79.9. The Kier molecular flexibility index (Phi) is 5.28. The summed E-state index contributed by atoms with van der Waals surface area (Å²) in [5.74, 6) is 6.90. The van der Waals surface area contributed by atoms with Crippen LogP contribution in [-0.2, 0) is 0 Å². The fraction of sp³-hybridized carbons (Fsp3) is 0.364. The highest BCUT2D eigenvalue weighted by Gasteiger charge is 2.07. The van der Waals surface area contributed by atoms with E-state index < -0.39 is 0 Å². The topological polar surface area (TPSA) is 59.6 Å². The molecule has 0 unspecified atom stereocenters. The summed E-state index contributed by atoms with van der Waals surface area (Å²) in [4.78, 5) is 4.36. The van der Waals surface area contributed by atoms with Crippen molar-refractivity contribution in [1.29, 1.82) is 0 Å². The zero-order chi connectivity index (χ0) is 12.0. The second-order valence-corrected chi connectivity index (χ2v) is 4.07. The Morgan fingerprint density at radius 1 is 1.56 bits per heavy atom. The van der Waals surface area contributed by atoms with Gasteiger partial charge in [-0.15, -0.1) is 0 Å². The zero-order valence-electron chi connectivity index (χ0n) is 9.46. The van der Waals surface area contributed by atoms with Crippen LogP contribution < -0.4 is 16.0 Å². The Hall–Kier alpha value is -1.07. The predicted molar refractivity (Wildman–Crippen MR) is 69.7 cm³/mol. The molecule has 0 atom stereocenters. The van der Waals surface area contributed by atoms with Crippen molar-refractivity contribution in [1.82, 2.24) is 5.43 Å². The van der Waals surface area contributed by atoms with Gasteiger partial charge in [0.05, 0.1) is 7.11 Å². The number of nitrogens with two attached hydrogens (primary N) is 1. The maximum absolute atomic E-state index is 5.46. The molecule has 16 heavy (non-hydrogen) atoms. The summed E-state index contributed by atoms with van der Waals surface area (Å²) in [6.07, 6.45) is 0.979. The van der Waals surface area contributed by atoms with E-state index in [1.54, 1.807) is 7.11 Å². The van der Waals surface area contributed by atoms with E-state index in [0.29, 0.717) is 5.84 Å². The van der Waals surface area contributed by atoms with Crippen LogP contribution >= 0.6 is 15.9 Å². The second-order valence-electron chi connectivity index (χ2n) is 3.22. The molecule has 0 radical (unpaired) electrons. The van der Waals surface area contributed by atoms with Crippen LogP contribution in [0.5, 0.6) is 5.75 Å². The molecule has 0 bridgehead atoms. The maximum Gasteiger partial charge on any atom is 0.143 e. The Bertz CT molecular complexity index is 379. The number of aliphatic imine (C=N–C) groups is 1. The van der Waals surface area contributed by atoms with Crippen LogP contribution in [0.25, 0.3) is 0 Å². The van der Waals surface area contributed by atoms with Gasteiger partial charge in [-0.2, -0.15) is 0 Å². The molecule has 5 heteroatoms. The third-order valence-electron chi connectivity index (χ3n) is 2.06. The lowest BCUT2D eigenvalue weighted by molar-refractivity contribution is 0.414. The van der Waals surface area contributed by atoms with Crippen molar-refractivity contribution in [2.45, 2.75) is 13.3 Å². The molecule has 0 aliphatic heterocycles. The summed E-state index contributed by atoms with van der Waals surface area (Å²) in [6, 6.07) is 5.67. The summed E-state index contributed by atoms with van der Waals surface area (Å²) in [7, 11) is 1.63.